The van der Waals surface area contributed by atoms with E-state index in [1.165, 1.54) is 56.1 Å². The van der Waals surface area contributed by atoms with Crippen LogP contribution in [0.4, 0.5) is 0 Å². The molecule has 0 bridgehead atoms. The van der Waals surface area contributed by atoms with Crippen molar-refractivity contribution in [3.05, 3.63) is 76.2 Å². The van der Waals surface area contributed by atoms with Gasteiger partial charge in [0.15, 0.2) is 0 Å². The first-order valence-corrected chi connectivity index (χ1v) is 13.7. The Morgan fingerprint density at radius 2 is 1.86 bits per heavy atom. The molecule has 2 aliphatic rings. The Morgan fingerprint density at radius 3 is 2.57 bits per heavy atom. The first-order chi connectivity index (χ1) is 17.0. The predicted molar refractivity (Wildman–Crippen MR) is 150 cm³/mol. The normalized spacial score (nSPS) is 17.6. The van der Waals surface area contributed by atoms with Gasteiger partial charge >= 0.3 is 0 Å². The van der Waals surface area contributed by atoms with Crippen LogP contribution >= 0.6 is 0 Å². The molecule has 1 heterocycles. The van der Waals surface area contributed by atoms with Crippen LogP contribution in [0, 0.1) is 12.8 Å². The summed E-state index contributed by atoms with van der Waals surface area (Å²) in [5.74, 6) is 0.656. The van der Waals surface area contributed by atoms with Crippen molar-refractivity contribution in [2.75, 3.05) is 6.54 Å². The van der Waals surface area contributed by atoms with Crippen molar-refractivity contribution in [3.8, 4) is 0 Å². The lowest BCUT2D eigenvalue weighted by molar-refractivity contribution is 0.0952. The van der Waals surface area contributed by atoms with Gasteiger partial charge in [-0.15, -0.1) is 0 Å². The second-order valence-corrected chi connectivity index (χ2v) is 10.1. The Kier molecular flexibility index (Phi) is 10.8. The molecule has 1 aromatic heterocycles. The highest BCUT2D eigenvalue weighted by Crippen LogP contribution is 2.31. The van der Waals surface area contributed by atoms with Gasteiger partial charge in [-0.2, -0.15) is 0 Å². The topological polar surface area (TPSA) is 42.0 Å². The standard InChI is InChI=1S/C32H44N2O/c1-5-7-13-21-33-32(35)30-23-25(4)34-31(29(30)6-2)22-24(3)26-17-14-18-28(20-19-26)27-15-11-9-8-10-12-16-27/h6,17-20,22-23,27H,2,5,7-16,21H2,1,3-4H3,(H,33,35)/b24-22+. The van der Waals surface area contributed by atoms with Gasteiger partial charge in [0.05, 0.1) is 11.3 Å². The van der Waals surface area contributed by atoms with Crippen LogP contribution in [-0.4, -0.2) is 17.4 Å². The number of hydrogen-bond acceptors (Lipinski definition) is 2. The van der Waals surface area contributed by atoms with E-state index in [4.69, 9.17) is 4.98 Å². The number of unbranched alkanes of at least 4 members (excludes halogenated alkanes) is 2. The zero-order valence-corrected chi connectivity index (χ0v) is 22.2. The third-order valence-corrected chi connectivity index (χ3v) is 7.26. The van der Waals surface area contributed by atoms with Crippen molar-refractivity contribution >= 4 is 18.1 Å². The largest absolute Gasteiger partial charge is 0.352 e. The highest BCUT2D eigenvalue weighted by atomic mass is 16.1. The number of rotatable bonds is 9. The molecule has 3 heteroatoms. The van der Waals surface area contributed by atoms with Crippen LogP contribution in [0.1, 0.15) is 112 Å². The maximum Gasteiger partial charge on any atom is 0.252 e. The first-order valence-electron chi connectivity index (χ1n) is 13.7. The zero-order chi connectivity index (χ0) is 25.0. The molecule has 1 saturated carbocycles. The highest BCUT2D eigenvalue weighted by Gasteiger charge is 2.17. The number of nitrogens with zero attached hydrogens (tertiary/aromatic N) is 1. The molecule has 0 unspecified atom stereocenters. The summed E-state index contributed by atoms with van der Waals surface area (Å²) >= 11 is 0. The summed E-state index contributed by atoms with van der Waals surface area (Å²) in [6.45, 7) is 10.9. The quantitative estimate of drug-likeness (QED) is 0.366. The number of nitrogens with one attached hydrogen (secondary N) is 1. The van der Waals surface area contributed by atoms with E-state index in [-0.39, 0.29) is 5.91 Å². The molecule has 188 valence electrons. The number of hydrogen-bond donors (Lipinski definition) is 1. The van der Waals surface area contributed by atoms with E-state index in [1.54, 1.807) is 6.08 Å². The third kappa shape index (κ3) is 7.92. The van der Waals surface area contributed by atoms with Crippen molar-refractivity contribution in [1.82, 2.24) is 10.3 Å². The summed E-state index contributed by atoms with van der Waals surface area (Å²) in [5, 5.41) is 3.07. The van der Waals surface area contributed by atoms with E-state index in [9.17, 15) is 4.79 Å². The van der Waals surface area contributed by atoms with Crippen LogP contribution in [0.25, 0.3) is 12.2 Å². The summed E-state index contributed by atoms with van der Waals surface area (Å²) < 4.78 is 0. The van der Waals surface area contributed by atoms with Crippen molar-refractivity contribution < 1.29 is 4.79 Å². The zero-order valence-electron chi connectivity index (χ0n) is 22.2. The maximum absolute atomic E-state index is 12.9. The highest BCUT2D eigenvalue weighted by molar-refractivity contribution is 5.99. The van der Waals surface area contributed by atoms with Gasteiger partial charge in [-0.1, -0.05) is 88.8 Å². The fourth-order valence-corrected chi connectivity index (χ4v) is 5.21. The summed E-state index contributed by atoms with van der Waals surface area (Å²) in [7, 11) is 0. The van der Waals surface area contributed by atoms with E-state index in [1.807, 2.05) is 13.0 Å². The van der Waals surface area contributed by atoms with E-state index in [0.717, 1.165) is 48.2 Å². The molecule has 3 rings (SSSR count). The van der Waals surface area contributed by atoms with E-state index in [0.29, 0.717) is 18.0 Å². The number of pyridine rings is 1. The van der Waals surface area contributed by atoms with E-state index < -0.39 is 0 Å². The lowest BCUT2D eigenvalue weighted by Crippen LogP contribution is -2.25. The minimum Gasteiger partial charge on any atom is -0.352 e. The molecule has 0 aliphatic heterocycles. The number of aryl methyl sites for hydroxylation is 1. The van der Waals surface area contributed by atoms with Gasteiger partial charge in [0, 0.05) is 17.8 Å². The second-order valence-electron chi connectivity index (χ2n) is 10.1. The average Bonchev–Trinajstić information content (AvgIpc) is 3.08. The molecule has 35 heavy (non-hydrogen) atoms. The number of aromatic nitrogens is 1. The van der Waals surface area contributed by atoms with Gasteiger partial charge in [0.2, 0.25) is 0 Å². The second kappa shape index (κ2) is 14.0. The average molecular weight is 473 g/mol. The molecule has 3 nitrogen and oxygen atoms in total. The molecule has 0 atom stereocenters. The minimum absolute atomic E-state index is 0.0459. The molecular weight excluding hydrogens is 428 g/mol. The number of carbonyl (C=O) groups is 1. The minimum atomic E-state index is -0.0459. The fraction of sp³-hybridized carbons (Fsp3) is 0.500. The summed E-state index contributed by atoms with van der Waals surface area (Å²) in [6, 6.07) is 1.87. The molecule has 0 aromatic carbocycles. The van der Waals surface area contributed by atoms with Gasteiger partial charge in [0.25, 0.3) is 5.91 Å². The van der Waals surface area contributed by atoms with Crippen LogP contribution in [0.2, 0.25) is 0 Å². The van der Waals surface area contributed by atoms with E-state index >= 15 is 0 Å². The maximum atomic E-state index is 12.9. The Balaban J connectivity index is 1.78. The molecule has 1 fully saturated rings. The predicted octanol–water partition coefficient (Wildman–Crippen LogP) is 8.53. The number of carbonyl (C=O) groups excluding carboxylic acids is 1. The summed E-state index contributed by atoms with van der Waals surface area (Å²) in [4.78, 5) is 17.7. The molecule has 1 aromatic rings. The Labute approximate surface area is 213 Å². The monoisotopic (exact) mass is 472 g/mol. The van der Waals surface area contributed by atoms with Gasteiger partial charge in [-0.05, 0) is 74.3 Å². The molecule has 2 aliphatic carbocycles. The van der Waals surface area contributed by atoms with Crippen molar-refractivity contribution in [2.24, 2.45) is 5.92 Å². The van der Waals surface area contributed by atoms with Crippen molar-refractivity contribution in [1.29, 1.82) is 0 Å². The van der Waals surface area contributed by atoms with Crippen LogP contribution < -0.4 is 5.32 Å². The molecule has 1 amide bonds. The van der Waals surface area contributed by atoms with E-state index in [2.05, 4.69) is 56.1 Å². The van der Waals surface area contributed by atoms with Gasteiger partial charge in [0.1, 0.15) is 0 Å². The van der Waals surface area contributed by atoms with Gasteiger partial charge in [-0.25, -0.2) is 0 Å². The first kappa shape index (κ1) is 26.9. The smallest absolute Gasteiger partial charge is 0.252 e. The number of amides is 1. The molecule has 0 saturated heterocycles. The summed E-state index contributed by atoms with van der Waals surface area (Å²) in [6.07, 6.45) is 26.9. The SMILES string of the molecule is C=Cc1c(C(=O)NCCCCC)cc(C)nc1/C=C(\C)C1=CCC=C(C2CCCCCCC2)C=C1. The van der Waals surface area contributed by atoms with Crippen LogP contribution in [0.5, 0.6) is 0 Å². The number of allylic oxidation sites excluding steroid dienone is 7. The van der Waals surface area contributed by atoms with Crippen LogP contribution in [-0.2, 0) is 0 Å². The lowest BCUT2D eigenvalue weighted by atomic mass is 9.85. The summed E-state index contributed by atoms with van der Waals surface area (Å²) in [5.41, 5.74) is 6.99. The molecule has 1 N–H and O–H groups in total. The fourth-order valence-electron chi connectivity index (χ4n) is 5.21. The van der Waals surface area contributed by atoms with Crippen LogP contribution in [0.15, 0.2) is 53.7 Å². The molecular formula is C32H44N2O. The lowest BCUT2D eigenvalue weighted by Gasteiger charge is -2.20. The van der Waals surface area contributed by atoms with Crippen molar-refractivity contribution in [2.45, 2.75) is 91.4 Å². The van der Waals surface area contributed by atoms with Gasteiger partial charge in [-0.3, -0.25) is 9.78 Å². The van der Waals surface area contributed by atoms with Gasteiger partial charge < -0.3 is 5.32 Å². The third-order valence-electron chi connectivity index (χ3n) is 7.26. The Morgan fingerprint density at radius 1 is 1.11 bits per heavy atom. The van der Waals surface area contributed by atoms with Crippen molar-refractivity contribution in [3.63, 3.8) is 0 Å². The molecule has 0 radical (unpaired) electrons. The van der Waals surface area contributed by atoms with Crippen LogP contribution in [0.3, 0.4) is 0 Å². The Hall–Kier alpha value is -2.68. The Bertz CT molecular complexity index is 1000. The molecule has 0 spiro atoms.